The summed E-state index contributed by atoms with van der Waals surface area (Å²) in [5.74, 6) is 0.611. The van der Waals surface area contributed by atoms with Crippen LogP contribution >= 0.6 is 11.8 Å². The number of alkyl halides is 2. The maximum absolute atomic E-state index is 12.4. The third-order valence-corrected chi connectivity index (χ3v) is 4.71. The maximum atomic E-state index is 12.4. The maximum Gasteiger partial charge on any atom is 0.387 e. The Morgan fingerprint density at radius 3 is 2.87 bits per heavy atom. The molecule has 1 N–H and O–H groups in total. The fourth-order valence-corrected chi connectivity index (χ4v) is 3.67. The van der Waals surface area contributed by atoms with Crippen LogP contribution in [0.1, 0.15) is 28.4 Å². The quantitative estimate of drug-likeness (QED) is 0.907. The van der Waals surface area contributed by atoms with Crippen LogP contribution in [0, 0.1) is 0 Å². The molecule has 1 heterocycles. The number of benzene rings is 2. The normalized spacial score (nSPS) is 16.7. The van der Waals surface area contributed by atoms with E-state index in [0.717, 1.165) is 17.7 Å². The van der Waals surface area contributed by atoms with Crippen LogP contribution in [0.2, 0.25) is 0 Å². The number of rotatable bonds is 4. The van der Waals surface area contributed by atoms with Crippen LogP contribution in [0.15, 0.2) is 53.4 Å². The van der Waals surface area contributed by atoms with Gasteiger partial charge in [0, 0.05) is 16.2 Å². The zero-order chi connectivity index (χ0) is 16.2. The van der Waals surface area contributed by atoms with Crippen molar-refractivity contribution in [3.05, 3.63) is 59.7 Å². The van der Waals surface area contributed by atoms with E-state index in [9.17, 15) is 13.6 Å². The van der Waals surface area contributed by atoms with E-state index in [0.29, 0.717) is 5.56 Å². The molecular formula is C17H15F2NO2S. The number of nitrogens with one attached hydrogen (secondary N) is 1. The van der Waals surface area contributed by atoms with Crippen LogP contribution in [-0.2, 0) is 0 Å². The predicted molar refractivity (Wildman–Crippen MR) is 85.1 cm³/mol. The first kappa shape index (κ1) is 15.8. The van der Waals surface area contributed by atoms with Gasteiger partial charge in [0.05, 0.1) is 6.04 Å². The summed E-state index contributed by atoms with van der Waals surface area (Å²) in [4.78, 5) is 13.6. The number of ether oxygens (including phenoxy) is 1. The van der Waals surface area contributed by atoms with Gasteiger partial charge in [0.1, 0.15) is 5.75 Å². The number of thioether (sulfide) groups is 1. The van der Waals surface area contributed by atoms with Crippen molar-refractivity contribution in [1.29, 1.82) is 0 Å². The van der Waals surface area contributed by atoms with Crippen molar-refractivity contribution in [3.63, 3.8) is 0 Å². The van der Waals surface area contributed by atoms with Gasteiger partial charge in [-0.1, -0.05) is 24.3 Å². The average molecular weight is 335 g/mol. The van der Waals surface area contributed by atoms with Crippen molar-refractivity contribution in [2.45, 2.75) is 24.0 Å². The van der Waals surface area contributed by atoms with E-state index in [1.54, 1.807) is 17.8 Å². The zero-order valence-electron chi connectivity index (χ0n) is 12.2. The number of fused-ring (bicyclic) bond motifs is 1. The lowest BCUT2D eigenvalue weighted by molar-refractivity contribution is -0.0498. The molecule has 23 heavy (non-hydrogen) atoms. The number of carbonyl (C=O) groups is 1. The molecule has 3 rings (SSSR count). The van der Waals surface area contributed by atoms with E-state index in [4.69, 9.17) is 0 Å². The van der Waals surface area contributed by atoms with Gasteiger partial charge in [0.25, 0.3) is 5.91 Å². The molecule has 3 nitrogen and oxygen atoms in total. The highest BCUT2D eigenvalue weighted by Gasteiger charge is 2.22. The van der Waals surface area contributed by atoms with Gasteiger partial charge in [-0.15, -0.1) is 11.8 Å². The molecule has 0 spiro atoms. The minimum atomic E-state index is -2.91. The lowest BCUT2D eigenvalue weighted by Crippen LogP contribution is -2.30. The minimum absolute atomic E-state index is 0.0211. The lowest BCUT2D eigenvalue weighted by atomic mass is 10.0. The SMILES string of the molecule is O=C(N[C@@H]1CCSc2ccccc21)c1cccc(OC(F)F)c1. The molecule has 6 heteroatoms. The first-order chi connectivity index (χ1) is 11.1. The van der Waals surface area contributed by atoms with E-state index in [-0.39, 0.29) is 17.7 Å². The van der Waals surface area contributed by atoms with Gasteiger partial charge in [0.15, 0.2) is 0 Å². The number of amides is 1. The molecule has 0 fully saturated rings. The standard InChI is InChI=1S/C17H15F2NO2S/c18-17(19)22-12-5-3-4-11(10-12)16(21)20-14-8-9-23-15-7-2-1-6-13(14)15/h1-7,10,14,17H,8-9H2,(H,20,21)/t14-/m1/s1. The van der Waals surface area contributed by atoms with Crippen molar-refractivity contribution in [2.75, 3.05) is 5.75 Å². The molecule has 1 atom stereocenters. The van der Waals surface area contributed by atoms with E-state index >= 15 is 0 Å². The van der Waals surface area contributed by atoms with Crippen molar-refractivity contribution >= 4 is 17.7 Å². The Bertz CT molecular complexity index is 708. The Balaban J connectivity index is 1.75. The smallest absolute Gasteiger partial charge is 0.387 e. The predicted octanol–water partition coefficient (Wildman–Crippen LogP) is 4.25. The van der Waals surface area contributed by atoms with Crippen molar-refractivity contribution in [3.8, 4) is 5.75 Å². The Labute approximate surface area is 137 Å². The summed E-state index contributed by atoms with van der Waals surface area (Å²) in [7, 11) is 0. The van der Waals surface area contributed by atoms with Gasteiger partial charge in [-0.25, -0.2) is 0 Å². The minimum Gasteiger partial charge on any atom is -0.435 e. The summed E-state index contributed by atoms with van der Waals surface area (Å²) < 4.78 is 28.9. The van der Waals surface area contributed by atoms with Gasteiger partial charge in [-0.2, -0.15) is 8.78 Å². The molecule has 0 bridgehead atoms. The highest BCUT2D eigenvalue weighted by Crippen LogP contribution is 2.35. The molecule has 0 aliphatic carbocycles. The van der Waals surface area contributed by atoms with Crippen molar-refractivity contribution < 1.29 is 18.3 Å². The molecule has 1 aliphatic heterocycles. The van der Waals surface area contributed by atoms with Crippen LogP contribution < -0.4 is 10.1 Å². The molecule has 0 unspecified atom stereocenters. The molecule has 2 aromatic rings. The van der Waals surface area contributed by atoms with Crippen LogP contribution in [0.3, 0.4) is 0 Å². The highest BCUT2D eigenvalue weighted by molar-refractivity contribution is 7.99. The topological polar surface area (TPSA) is 38.3 Å². The third-order valence-electron chi connectivity index (χ3n) is 3.59. The fourth-order valence-electron chi connectivity index (χ4n) is 2.55. The lowest BCUT2D eigenvalue weighted by Gasteiger charge is -2.26. The van der Waals surface area contributed by atoms with E-state index in [1.807, 2.05) is 24.3 Å². The van der Waals surface area contributed by atoms with Crippen molar-refractivity contribution in [1.82, 2.24) is 5.32 Å². The molecule has 0 saturated heterocycles. The zero-order valence-corrected chi connectivity index (χ0v) is 13.0. The number of hydrogen-bond donors (Lipinski definition) is 1. The monoisotopic (exact) mass is 335 g/mol. The Hall–Kier alpha value is -2.08. The van der Waals surface area contributed by atoms with Crippen LogP contribution in [0.25, 0.3) is 0 Å². The first-order valence-electron chi connectivity index (χ1n) is 7.21. The number of halogens is 2. The van der Waals surface area contributed by atoms with Crippen LogP contribution in [0.4, 0.5) is 8.78 Å². The average Bonchev–Trinajstić information content (AvgIpc) is 2.55. The summed E-state index contributed by atoms with van der Waals surface area (Å²) in [5.41, 5.74) is 1.40. The van der Waals surface area contributed by atoms with Crippen LogP contribution in [0.5, 0.6) is 5.75 Å². The molecule has 120 valence electrons. The summed E-state index contributed by atoms with van der Waals surface area (Å²) in [6, 6.07) is 13.7. The summed E-state index contributed by atoms with van der Waals surface area (Å²) in [6.07, 6.45) is 0.834. The van der Waals surface area contributed by atoms with Gasteiger partial charge >= 0.3 is 6.61 Å². The molecule has 2 aromatic carbocycles. The third kappa shape index (κ3) is 3.82. The Kier molecular flexibility index (Phi) is 4.81. The summed E-state index contributed by atoms with van der Waals surface area (Å²) in [6.45, 7) is -2.91. The van der Waals surface area contributed by atoms with Gasteiger partial charge in [0.2, 0.25) is 0 Å². The molecule has 0 radical (unpaired) electrons. The van der Waals surface area contributed by atoms with E-state index in [1.165, 1.54) is 23.1 Å². The van der Waals surface area contributed by atoms with Crippen LogP contribution in [-0.4, -0.2) is 18.3 Å². The molecule has 0 saturated carbocycles. The van der Waals surface area contributed by atoms with Gasteiger partial charge < -0.3 is 10.1 Å². The number of hydrogen-bond acceptors (Lipinski definition) is 3. The highest BCUT2D eigenvalue weighted by atomic mass is 32.2. The molecule has 1 amide bonds. The number of carbonyl (C=O) groups excluding carboxylic acids is 1. The Morgan fingerprint density at radius 1 is 1.22 bits per heavy atom. The van der Waals surface area contributed by atoms with Gasteiger partial charge in [-0.05, 0) is 36.2 Å². The van der Waals surface area contributed by atoms with Gasteiger partial charge in [-0.3, -0.25) is 4.79 Å². The van der Waals surface area contributed by atoms with Crippen molar-refractivity contribution in [2.24, 2.45) is 0 Å². The summed E-state index contributed by atoms with van der Waals surface area (Å²) in [5, 5.41) is 2.98. The largest absolute Gasteiger partial charge is 0.435 e. The second-order valence-corrected chi connectivity index (χ2v) is 6.24. The Morgan fingerprint density at radius 2 is 2.04 bits per heavy atom. The second kappa shape index (κ2) is 7.00. The first-order valence-corrected chi connectivity index (χ1v) is 8.19. The molecular weight excluding hydrogens is 320 g/mol. The summed E-state index contributed by atoms with van der Waals surface area (Å²) >= 11 is 1.77. The molecule has 1 aliphatic rings. The molecule has 0 aromatic heterocycles. The van der Waals surface area contributed by atoms with E-state index in [2.05, 4.69) is 10.1 Å². The fraction of sp³-hybridized carbons (Fsp3) is 0.235. The second-order valence-electron chi connectivity index (χ2n) is 5.11. The van der Waals surface area contributed by atoms with E-state index < -0.39 is 6.61 Å².